The molecule has 1 N–H and O–H groups in total. The third-order valence-corrected chi connectivity index (χ3v) is 4.76. The van der Waals surface area contributed by atoms with E-state index in [-0.39, 0.29) is 5.91 Å². The van der Waals surface area contributed by atoms with E-state index in [0.717, 1.165) is 23.2 Å². The van der Waals surface area contributed by atoms with Gasteiger partial charge in [-0.2, -0.15) is 0 Å². The van der Waals surface area contributed by atoms with Crippen LogP contribution in [0.25, 0.3) is 11.1 Å². The van der Waals surface area contributed by atoms with Gasteiger partial charge in [0.15, 0.2) is 12.0 Å². The molecule has 21 heavy (non-hydrogen) atoms. The van der Waals surface area contributed by atoms with E-state index in [0.29, 0.717) is 18.4 Å². The lowest BCUT2D eigenvalue weighted by atomic mass is 9.84. The van der Waals surface area contributed by atoms with Crippen LogP contribution in [0.2, 0.25) is 0 Å². The van der Waals surface area contributed by atoms with Crippen molar-refractivity contribution < 1.29 is 9.21 Å². The molecule has 3 aliphatic rings. The maximum atomic E-state index is 12.3. The summed E-state index contributed by atoms with van der Waals surface area (Å²) in [7, 11) is 0. The zero-order chi connectivity index (χ0) is 14.2. The molecule has 1 aromatic heterocycles. The van der Waals surface area contributed by atoms with Crippen molar-refractivity contribution in [3.63, 3.8) is 0 Å². The first-order valence-corrected chi connectivity index (χ1v) is 7.62. The second-order valence-corrected chi connectivity index (χ2v) is 6.14. The number of carbonyl (C=O) groups is 1. The summed E-state index contributed by atoms with van der Waals surface area (Å²) < 4.78 is 5.28. The van der Waals surface area contributed by atoms with Crippen molar-refractivity contribution in [2.45, 2.75) is 25.3 Å². The molecule has 5 nitrogen and oxygen atoms in total. The average molecular weight is 285 g/mol. The van der Waals surface area contributed by atoms with Gasteiger partial charge < -0.3 is 14.6 Å². The van der Waals surface area contributed by atoms with E-state index in [1.54, 1.807) is 0 Å². The predicted molar refractivity (Wildman–Crippen MR) is 78.8 cm³/mol. The minimum atomic E-state index is 0.104. The molecule has 1 atom stereocenters. The van der Waals surface area contributed by atoms with Crippen molar-refractivity contribution in [2.75, 3.05) is 19.6 Å². The Morgan fingerprint density at radius 2 is 2.24 bits per heavy atom. The molecule has 4 heterocycles. The Balaban J connectivity index is 1.41. The van der Waals surface area contributed by atoms with E-state index >= 15 is 0 Å². The lowest BCUT2D eigenvalue weighted by molar-refractivity contribution is -0.122. The van der Waals surface area contributed by atoms with Crippen molar-refractivity contribution in [3.05, 3.63) is 30.2 Å². The Bertz CT molecular complexity index is 658. The monoisotopic (exact) mass is 285 g/mol. The van der Waals surface area contributed by atoms with Gasteiger partial charge in [0, 0.05) is 12.6 Å². The molecule has 2 aromatic rings. The summed E-state index contributed by atoms with van der Waals surface area (Å²) in [5.74, 6) is 0.767. The maximum Gasteiger partial charge on any atom is 0.224 e. The number of piperidine rings is 3. The van der Waals surface area contributed by atoms with E-state index in [4.69, 9.17) is 4.42 Å². The molecule has 5 heteroatoms. The molecular weight excluding hydrogens is 266 g/mol. The lowest BCUT2D eigenvalue weighted by Crippen LogP contribution is -2.57. The highest BCUT2D eigenvalue weighted by molar-refractivity contribution is 5.81. The van der Waals surface area contributed by atoms with Gasteiger partial charge in [0.2, 0.25) is 5.91 Å². The van der Waals surface area contributed by atoms with Gasteiger partial charge in [-0.25, -0.2) is 4.98 Å². The summed E-state index contributed by atoms with van der Waals surface area (Å²) in [5.41, 5.74) is 2.54. The third kappa shape index (κ3) is 2.53. The Morgan fingerprint density at radius 3 is 3.00 bits per heavy atom. The van der Waals surface area contributed by atoms with Crippen LogP contribution in [0.3, 0.4) is 0 Å². The Labute approximate surface area is 123 Å². The van der Waals surface area contributed by atoms with Crippen molar-refractivity contribution in [2.24, 2.45) is 5.92 Å². The first-order valence-electron chi connectivity index (χ1n) is 7.62. The van der Waals surface area contributed by atoms with E-state index < -0.39 is 0 Å². The zero-order valence-electron chi connectivity index (χ0n) is 11.9. The van der Waals surface area contributed by atoms with E-state index in [2.05, 4.69) is 15.2 Å². The van der Waals surface area contributed by atoms with Gasteiger partial charge in [0.1, 0.15) is 5.52 Å². The zero-order valence-corrected chi connectivity index (χ0v) is 11.9. The van der Waals surface area contributed by atoms with Gasteiger partial charge in [-0.3, -0.25) is 4.79 Å². The lowest BCUT2D eigenvalue weighted by Gasteiger charge is -2.44. The molecule has 3 fully saturated rings. The number of nitrogens with zero attached hydrogens (tertiary/aromatic N) is 2. The average Bonchev–Trinajstić information content (AvgIpc) is 2.96. The van der Waals surface area contributed by atoms with Crippen LogP contribution in [0.5, 0.6) is 0 Å². The predicted octanol–water partition coefficient (Wildman–Crippen LogP) is 1.58. The number of hydrogen-bond acceptors (Lipinski definition) is 4. The van der Waals surface area contributed by atoms with Crippen LogP contribution in [-0.4, -0.2) is 41.5 Å². The number of carbonyl (C=O) groups excluding carboxylic acids is 1. The Kier molecular flexibility index (Phi) is 3.15. The quantitative estimate of drug-likeness (QED) is 0.930. The first kappa shape index (κ1) is 12.8. The minimum absolute atomic E-state index is 0.104. The summed E-state index contributed by atoms with van der Waals surface area (Å²) in [6, 6.07) is 6.07. The van der Waals surface area contributed by atoms with Gasteiger partial charge in [-0.15, -0.1) is 0 Å². The van der Waals surface area contributed by atoms with Gasteiger partial charge in [-0.1, -0.05) is 6.07 Å². The van der Waals surface area contributed by atoms with Crippen LogP contribution in [0, 0.1) is 5.92 Å². The highest BCUT2D eigenvalue weighted by Crippen LogP contribution is 2.27. The minimum Gasteiger partial charge on any atom is -0.443 e. The number of aromatic nitrogens is 1. The molecule has 0 saturated carbocycles. The van der Waals surface area contributed by atoms with Gasteiger partial charge in [-0.05, 0) is 49.5 Å². The summed E-state index contributed by atoms with van der Waals surface area (Å²) in [6.07, 6.45) is 4.27. The molecule has 0 spiro atoms. The fourth-order valence-electron chi connectivity index (χ4n) is 3.58. The van der Waals surface area contributed by atoms with E-state index in [1.807, 2.05) is 18.2 Å². The van der Waals surface area contributed by atoms with Crippen molar-refractivity contribution in [1.82, 2.24) is 15.2 Å². The van der Waals surface area contributed by atoms with Crippen LogP contribution in [0.4, 0.5) is 0 Å². The Morgan fingerprint density at radius 1 is 1.38 bits per heavy atom. The first-order chi connectivity index (χ1) is 10.3. The molecule has 1 aromatic carbocycles. The van der Waals surface area contributed by atoms with E-state index in [1.165, 1.54) is 32.3 Å². The van der Waals surface area contributed by atoms with Crippen LogP contribution >= 0.6 is 0 Å². The standard InChI is InChI=1S/C16H19N3O2/c20-16(18-14-9-19-5-3-12(14)4-6-19)8-11-1-2-13-15(7-11)21-10-17-13/h1-2,7,10,12,14H,3-6,8-9H2,(H,18,20)/t14-/m0/s1. The molecule has 2 bridgehead atoms. The molecule has 3 aliphatic heterocycles. The number of hydrogen-bond donors (Lipinski definition) is 1. The van der Waals surface area contributed by atoms with Gasteiger partial charge in [0.05, 0.1) is 6.42 Å². The number of amides is 1. The third-order valence-electron chi connectivity index (χ3n) is 4.76. The molecule has 1 amide bonds. The van der Waals surface area contributed by atoms with Crippen LogP contribution in [0.15, 0.2) is 29.0 Å². The fourth-order valence-corrected chi connectivity index (χ4v) is 3.58. The molecular formula is C16H19N3O2. The number of oxazole rings is 1. The highest BCUT2D eigenvalue weighted by atomic mass is 16.3. The van der Waals surface area contributed by atoms with Crippen LogP contribution in [0.1, 0.15) is 18.4 Å². The largest absolute Gasteiger partial charge is 0.443 e. The molecule has 110 valence electrons. The second kappa shape index (κ2) is 5.15. The van der Waals surface area contributed by atoms with Gasteiger partial charge >= 0.3 is 0 Å². The summed E-state index contributed by atoms with van der Waals surface area (Å²) >= 11 is 0. The smallest absolute Gasteiger partial charge is 0.224 e. The second-order valence-electron chi connectivity index (χ2n) is 6.14. The summed E-state index contributed by atoms with van der Waals surface area (Å²) in [6.45, 7) is 3.40. The maximum absolute atomic E-state index is 12.3. The molecule has 0 aliphatic carbocycles. The SMILES string of the molecule is O=C(Cc1ccc2ncoc2c1)N[C@H]1CN2CCC1CC2. The number of rotatable bonds is 3. The normalized spacial score (nSPS) is 27.9. The van der Waals surface area contributed by atoms with Crippen molar-refractivity contribution in [3.8, 4) is 0 Å². The molecule has 0 radical (unpaired) electrons. The highest BCUT2D eigenvalue weighted by Gasteiger charge is 2.34. The molecule has 3 saturated heterocycles. The van der Waals surface area contributed by atoms with Crippen molar-refractivity contribution in [1.29, 1.82) is 0 Å². The summed E-state index contributed by atoms with van der Waals surface area (Å²) in [4.78, 5) is 18.8. The Hall–Kier alpha value is -1.88. The number of nitrogens with one attached hydrogen (secondary N) is 1. The molecule has 0 unspecified atom stereocenters. The fraction of sp³-hybridized carbons (Fsp3) is 0.500. The number of benzene rings is 1. The topological polar surface area (TPSA) is 58.4 Å². The number of fused-ring (bicyclic) bond motifs is 4. The van der Waals surface area contributed by atoms with E-state index in [9.17, 15) is 4.79 Å². The van der Waals surface area contributed by atoms with Crippen LogP contribution in [-0.2, 0) is 11.2 Å². The molecule has 5 rings (SSSR count). The van der Waals surface area contributed by atoms with Crippen molar-refractivity contribution >= 4 is 17.0 Å². The summed E-state index contributed by atoms with van der Waals surface area (Å²) in [5, 5.41) is 3.21. The van der Waals surface area contributed by atoms with Crippen LogP contribution < -0.4 is 5.32 Å². The van der Waals surface area contributed by atoms with Gasteiger partial charge in [0.25, 0.3) is 0 Å².